The zero-order chi connectivity index (χ0) is 18.4. The second-order valence-electron chi connectivity index (χ2n) is 4.72. The highest BCUT2D eigenvalue weighted by molar-refractivity contribution is 5.68. The van der Waals surface area contributed by atoms with Crippen molar-refractivity contribution >= 4 is 17.8 Å². The van der Waals surface area contributed by atoms with Crippen LogP contribution >= 0.6 is 0 Å². The van der Waals surface area contributed by atoms with Crippen LogP contribution in [-0.2, 0) is 0 Å². The van der Waals surface area contributed by atoms with Gasteiger partial charge in [-0.25, -0.2) is 0 Å². The number of hydrogen-bond acceptors (Lipinski definition) is 7. The Morgan fingerprint density at radius 3 is 2.76 bits per heavy atom. The van der Waals surface area contributed by atoms with Crippen LogP contribution in [0.2, 0.25) is 0 Å². The fraction of sp³-hybridized carbons (Fsp3) is 0.125. The monoisotopic (exact) mass is 345 g/mol. The Labute approximate surface area is 142 Å². The van der Waals surface area contributed by atoms with Crippen LogP contribution in [-0.4, -0.2) is 33.7 Å². The summed E-state index contributed by atoms with van der Waals surface area (Å²) in [6.07, 6.45) is 4.59. The molecule has 0 aliphatic heterocycles. The standard InChI is InChI=1S/C16H15N3O6/c1-3-8-25-11-6-4-10(9-12(11)24-2)5-7-13-17-15(20)14(19(22)23)16(21)18-13/h3-7,9H,1,8H2,2H3,(H2,17,18,20,21). The fourth-order valence-electron chi connectivity index (χ4n) is 1.95. The number of rotatable bonds is 7. The van der Waals surface area contributed by atoms with Crippen LogP contribution in [0.25, 0.3) is 12.2 Å². The number of benzene rings is 1. The molecule has 0 spiro atoms. The summed E-state index contributed by atoms with van der Waals surface area (Å²) in [5.41, 5.74) is -1.34. The van der Waals surface area contributed by atoms with Gasteiger partial charge in [0.1, 0.15) is 12.4 Å². The summed E-state index contributed by atoms with van der Waals surface area (Å²) in [5, 5.41) is 20.1. The molecule has 0 saturated carbocycles. The molecule has 1 aromatic carbocycles. The van der Waals surface area contributed by atoms with Crippen molar-refractivity contribution in [1.29, 1.82) is 0 Å². The van der Waals surface area contributed by atoms with E-state index in [9.17, 15) is 20.0 Å². The highest BCUT2D eigenvalue weighted by atomic mass is 16.6. The normalized spacial score (nSPS) is 10.6. The molecule has 0 amide bonds. The van der Waals surface area contributed by atoms with E-state index in [1.165, 1.54) is 13.2 Å². The van der Waals surface area contributed by atoms with Gasteiger partial charge in [-0.15, -0.1) is 0 Å². The number of aromatic hydroxyl groups is 1. The molecule has 0 fully saturated rings. The van der Waals surface area contributed by atoms with Crippen LogP contribution in [0, 0.1) is 10.1 Å². The first kappa shape index (κ1) is 17.7. The maximum absolute atomic E-state index is 11.6. The zero-order valence-corrected chi connectivity index (χ0v) is 13.3. The first-order valence-electron chi connectivity index (χ1n) is 7.03. The predicted octanol–water partition coefficient (Wildman–Crippen LogP) is 2.13. The number of ether oxygens (including phenoxy) is 2. The molecule has 0 unspecified atom stereocenters. The van der Waals surface area contributed by atoms with Gasteiger partial charge >= 0.3 is 11.2 Å². The topological polar surface area (TPSA) is 128 Å². The van der Waals surface area contributed by atoms with Crippen molar-refractivity contribution in [2.75, 3.05) is 13.7 Å². The van der Waals surface area contributed by atoms with E-state index in [1.807, 2.05) is 0 Å². The van der Waals surface area contributed by atoms with Gasteiger partial charge in [0.2, 0.25) is 0 Å². The van der Waals surface area contributed by atoms with Gasteiger partial charge < -0.3 is 19.6 Å². The third-order valence-corrected chi connectivity index (χ3v) is 3.06. The molecule has 25 heavy (non-hydrogen) atoms. The second kappa shape index (κ2) is 7.77. The first-order valence-corrected chi connectivity index (χ1v) is 7.03. The summed E-state index contributed by atoms with van der Waals surface area (Å²) in [6.45, 7) is 3.90. The van der Waals surface area contributed by atoms with Crippen LogP contribution in [0.3, 0.4) is 0 Å². The number of hydrogen-bond donors (Lipinski definition) is 2. The lowest BCUT2D eigenvalue weighted by Gasteiger charge is -2.09. The quantitative estimate of drug-likeness (QED) is 0.447. The average Bonchev–Trinajstić information content (AvgIpc) is 2.57. The summed E-state index contributed by atoms with van der Waals surface area (Å²) >= 11 is 0. The third-order valence-electron chi connectivity index (χ3n) is 3.06. The van der Waals surface area contributed by atoms with Gasteiger partial charge in [0.25, 0.3) is 5.88 Å². The van der Waals surface area contributed by atoms with Crippen LogP contribution in [0.5, 0.6) is 17.4 Å². The molecule has 9 heteroatoms. The Balaban J connectivity index is 2.29. The molecule has 2 aromatic rings. The maximum Gasteiger partial charge on any atom is 0.395 e. The zero-order valence-electron chi connectivity index (χ0n) is 13.3. The van der Waals surface area contributed by atoms with Crippen molar-refractivity contribution in [3.63, 3.8) is 0 Å². The molecule has 1 aromatic heterocycles. The van der Waals surface area contributed by atoms with E-state index in [1.54, 1.807) is 30.4 Å². The van der Waals surface area contributed by atoms with Crippen LogP contribution in [0.15, 0.2) is 35.6 Å². The molecular formula is C16H15N3O6. The van der Waals surface area contributed by atoms with E-state index >= 15 is 0 Å². The van der Waals surface area contributed by atoms with E-state index in [4.69, 9.17) is 9.47 Å². The van der Waals surface area contributed by atoms with Crippen molar-refractivity contribution < 1.29 is 19.5 Å². The molecule has 0 aliphatic carbocycles. The van der Waals surface area contributed by atoms with E-state index in [2.05, 4.69) is 16.5 Å². The van der Waals surface area contributed by atoms with E-state index in [-0.39, 0.29) is 5.82 Å². The molecule has 130 valence electrons. The predicted molar refractivity (Wildman–Crippen MR) is 90.8 cm³/mol. The summed E-state index contributed by atoms with van der Waals surface area (Å²) < 4.78 is 10.7. The maximum atomic E-state index is 11.6. The first-order chi connectivity index (χ1) is 12.0. The van der Waals surface area contributed by atoms with Crippen LogP contribution in [0.1, 0.15) is 11.4 Å². The minimum atomic E-state index is -1.04. The highest BCUT2D eigenvalue weighted by Gasteiger charge is 2.21. The lowest BCUT2D eigenvalue weighted by atomic mass is 10.2. The molecule has 2 rings (SSSR count). The Bertz CT molecular complexity index is 888. The molecule has 0 radical (unpaired) electrons. The van der Waals surface area contributed by atoms with Gasteiger partial charge in [-0.1, -0.05) is 24.8 Å². The number of H-pyrrole nitrogens is 1. The average molecular weight is 345 g/mol. The summed E-state index contributed by atoms with van der Waals surface area (Å²) in [7, 11) is 1.50. The number of nitrogens with zero attached hydrogens (tertiary/aromatic N) is 2. The van der Waals surface area contributed by atoms with Crippen molar-refractivity contribution in [1.82, 2.24) is 9.97 Å². The smallest absolute Gasteiger partial charge is 0.395 e. The summed E-state index contributed by atoms with van der Waals surface area (Å²) in [6, 6.07) is 5.13. The van der Waals surface area contributed by atoms with Gasteiger partial charge in [-0.2, -0.15) is 4.98 Å². The minimum Gasteiger partial charge on any atom is -0.493 e. The number of nitro groups is 1. The van der Waals surface area contributed by atoms with Gasteiger partial charge in [0, 0.05) is 0 Å². The Morgan fingerprint density at radius 1 is 1.40 bits per heavy atom. The van der Waals surface area contributed by atoms with E-state index < -0.39 is 22.0 Å². The highest BCUT2D eigenvalue weighted by Crippen LogP contribution is 2.28. The number of aromatic nitrogens is 2. The third kappa shape index (κ3) is 4.22. The van der Waals surface area contributed by atoms with Crippen molar-refractivity contribution in [3.05, 3.63) is 62.7 Å². The Morgan fingerprint density at radius 2 is 2.16 bits per heavy atom. The van der Waals surface area contributed by atoms with Crippen molar-refractivity contribution in [2.45, 2.75) is 0 Å². The largest absolute Gasteiger partial charge is 0.493 e. The van der Waals surface area contributed by atoms with Crippen LogP contribution in [0.4, 0.5) is 5.69 Å². The molecule has 0 aliphatic rings. The second-order valence-corrected chi connectivity index (χ2v) is 4.72. The molecule has 0 bridgehead atoms. The Hall–Kier alpha value is -3.62. The molecule has 0 atom stereocenters. The van der Waals surface area contributed by atoms with Gasteiger partial charge in [0.15, 0.2) is 11.5 Å². The van der Waals surface area contributed by atoms with E-state index in [0.29, 0.717) is 23.7 Å². The molecule has 0 saturated heterocycles. The Kier molecular flexibility index (Phi) is 5.51. The number of methoxy groups -OCH3 is 1. The molecule has 9 nitrogen and oxygen atoms in total. The molecular weight excluding hydrogens is 330 g/mol. The fourth-order valence-corrected chi connectivity index (χ4v) is 1.95. The lowest BCUT2D eigenvalue weighted by molar-refractivity contribution is -0.387. The summed E-state index contributed by atoms with van der Waals surface area (Å²) in [5.74, 6) is 0.0641. The number of aromatic amines is 1. The van der Waals surface area contributed by atoms with Gasteiger partial charge in [0.05, 0.1) is 12.0 Å². The van der Waals surface area contributed by atoms with Gasteiger partial charge in [-0.05, 0) is 23.8 Å². The summed E-state index contributed by atoms with van der Waals surface area (Å²) in [4.78, 5) is 27.0. The van der Waals surface area contributed by atoms with Crippen LogP contribution < -0.4 is 15.0 Å². The number of nitrogens with one attached hydrogen (secondary N) is 1. The SMILES string of the molecule is C=CCOc1ccc(C=Cc2nc(O)c([N+](=O)[O-])c(=O)[nH]2)cc1OC. The lowest BCUT2D eigenvalue weighted by Crippen LogP contribution is -2.14. The molecule has 1 heterocycles. The molecule has 2 N–H and O–H groups in total. The van der Waals surface area contributed by atoms with Crippen molar-refractivity contribution in [3.8, 4) is 17.4 Å². The van der Waals surface area contributed by atoms with E-state index in [0.717, 1.165) is 0 Å². The van der Waals surface area contributed by atoms with Crippen molar-refractivity contribution in [2.24, 2.45) is 0 Å². The minimum absolute atomic E-state index is 0.0287. The van der Waals surface area contributed by atoms with Gasteiger partial charge in [-0.3, -0.25) is 14.9 Å².